The second kappa shape index (κ2) is 9.12. The van der Waals surface area contributed by atoms with Crippen molar-refractivity contribution < 1.29 is 46.9 Å². The fourth-order valence-electron chi connectivity index (χ4n) is 4.39. The number of nitro benzene ring substituents is 1. The van der Waals surface area contributed by atoms with E-state index in [0.29, 0.717) is 24.0 Å². The minimum absolute atomic E-state index is 0. The molecule has 0 bridgehead atoms. The van der Waals surface area contributed by atoms with Crippen LogP contribution in [0.4, 0.5) is 30.2 Å². The highest BCUT2D eigenvalue weighted by molar-refractivity contribution is 5.98. The Labute approximate surface area is 199 Å². The van der Waals surface area contributed by atoms with Gasteiger partial charge >= 0.3 is 0 Å². The molecule has 0 aliphatic carbocycles. The van der Waals surface area contributed by atoms with Crippen LogP contribution in [0.3, 0.4) is 0 Å². The maximum atomic E-state index is 14.1. The van der Waals surface area contributed by atoms with E-state index in [4.69, 9.17) is 0 Å². The molecule has 0 spiro atoms. The monoisotopic (exact) mass is 561 g/mol. The molecule has 2 unspecified atom stereocenters. The topological polar surface area (TPSA) is 96.3 Å². The van der Waals surface area contributed by atoms with Crippen molar-refractivity contribution in [2.45, 2.75) is 44.7 Å². The van der Waals surface area contributed by atoms with E-state index in [9.17, 15) is 28.1 Å². The van der Waals surface area contributed by atoms with Crippen LogP contribution in [0.5, 0.6) is 0 Å². The number of benzene rings is 2. The van der Waals surface area contributed by atoms with E-state index in [-0.39, 0.29) is 65.1 Å². The van der Waals surface area contributed by atoms with Gasteiger partial charge in [0.15, 0.2) is 17.5 Å². The molecular formula is C21H21F3IN4O3-. The number of nitro groups is 1. The summed E-state index contributed by atoms with van der Waals surface area (Å²) < 4.78 is 41.5. The highest BCUT2D eigenvalue weighted by atomic mass is 127. The van der Waals surface area contributed by atoms with Crippen LogP contribution in [0, 0.1) is 27.6 Å². The molecule has 0 fully saturated rings. The van der Waals surface area contributed by atoms with Crippen LogP contribution in [0.1, 0.15) is 47.7 Å². The quantitative estimate of drug-likeness (QED) is 0.225. The zero-order valence-electron chi connectivity index (χ0n) is 17.3. The summed E-state index contributed by atoms with van der Waals surface area (Å²) in [7, 11) is 0. The number of halogens is 4. The number of nitrogens with zero attached hydrogens (tertiary/aromatic N) is 1. The fourth-order valence-corrected chi connectivity index (χ4v) is 4.39. The number of hydrogen-bond donors (Lipinski definition) is 3. The smallest absolute Gasteiger partial charge is 0.292 e. The van der Waals surface area contributed by atoms with Gasteiger partial charge in [0.05, 0.1) is 10.6 Å². The summed E-state index contributed by atoms with van der Waals surface area (Å²) in [6.07, 6.45) is 0.843. The molecule has 0 radical (unpaired) electrons. The molecule has 11 heteroatoms. The number of fused-ring (bicyclic) bond motifs is 2. The Balaban J connectivity index is 0.00000289. The number of nitrogens with one attached hydrogen (secondary N) is 3. The molecule has 2 aromatic carbocycles. The third-order valence-corrected chi connectivity index (χ3v) is 5.76. The molecule has 32 heavy (non-hydrogen) atoms. The predicted octanol–water partition coefficient (Wildman–Crippen LogP) is 1.09. The van der Waals surface area contributed by atoms with E-state index in [1.165, 1.54) is 12.1 Å². The van der Waals surface area contributed by atoms with Crippen molar-refractivity contribution in [2.24, 2.45) is 0 Å². The first-order chi connectivity index (χ1) is 14.7. The molecule has 7 nitrogen and oxygen atoms in total. The number of amides is 1. The first kappa shape index (κ1) is 24.1. The Bertz CT molecular complexity index is 1100. The number of carbonyl (C=O) groups is 1. The average Bonchev–Trinajstić information content (AvgIpc) is 3.13. The van der Waals surface area contributed by atoms with E-state index in [0.717, 1.165) is 6.07 Å². The van der Waals surface area contributed by atoms with Gasteiger partial charge in [0, 0.05) is 36.2 Å². The first-order valence-electron chi connectivity index (χ1n) is 9.98. The summed E-state index contributed by atoms with van der Waals surface area (Å²) in [6.45, 7) is 3.86. The summed E-state index contributed by atoms with van der Waals surface area (Å²) in [5.41, 5.74) is 1.14. The number of anilines is 2. The Morgan fingerprint density at radius 1 is 1.22 bits per heavy atom. The van der Waals surface area contributed by atoms with Crippen molar-refractivity contribution >= 4 is 23.0 Å². The van der Waals surface area contributed by atoms with E-state index in [1.54, 1.807) is 0 Å². The molecule has 0 saturated heterocycles. The van der Waals surface area contributed by atoms with Crippen molar-refractivity contribution in [1.29, 1.82) is 0 Å². The number of rotatable bonds is 4. The largest absolute Gasteiger partial charge is 1.00 e. The van der Waals surface area contributed by atoms with Crippen LogP contribution in [-0.4, -0.2) is 29.5 Å². The van der Waals surface area contributed by atoms with Crippen LogP contribution >= 0.6 is 0 Å². The van der Waals surface area contributed by atoms with Gasteiger partial charge in [0.25, 0.3) is 11.6 Å². The van der Waals surface area contributed by atoms with Crippen LogP contribution in [0.2, 0.25) is 0 Å². The predicted molar refractivity (Wildman–Crippen MR) is 109 cm³/mol. The molecule has 0 aromatic heterocycles. The summed E-state index contributed by atoms with van der Waals surface area (Å²) in [4.78, 5) is 23.6. The zero-order chi connectivity index (χ0) is 22.4. The van der Waals surface area contributed by atoms with Gasteiger partial charge in [-0.05, 0) is 49.9 Å². The van der Waals surface area contributed by atoms with Gasteiger partial charge in [-0.25, -0.2) is 13.2 Å². The van der Waals surface area contributed by atoms with Crippen LogP contribution in [0.15, 0.2) is 18.2 Å². The molecule has 3 N–H and O–H groups in total. The lowest BCUT2D eigenvalue weighted by Crippen LogP contribution is -3.00. The highest BCUT2D eigenvalue weighted by Gasteiger charge is 2.38. The lowest BCUT2D eigenvalue weighted by Gasteiger charge is -2.32. The van der Waals surface area contributed by atoms with Crippen molar-refractivity contribution in [3.8, 4) is 0 Å². The Kier molecular flexibility index (Phi) is 6.86. The molecule has 172 valence electrons. The fraction of sp³-hybridized carbons (Fsp3) is 0.381. The summed E-state index contributed by atoms with van der Waals surface area (Å²) in [6, 6.07) is 3.19. The van der Waals surface area contributed by atoms with Crippen molar-refractivity contribution in [1.82, 2.24) is 5.32 Å². The van der Waals surface area contributed by atoms with Gasteiger partial charge < -0.3 is 39.9 Å². The van der Waals surface area contributed by atoms with E-state index in [1.807, 2.05) is 13.8 Å². The molecular weight excluding hydrogens is 540 g/mol. The molecule has 2 aromatic rings. The lowest BCUT2D eigenvalue weighted by atomic mass is 9.84. The third-order valence-electron chi connectivity index (χ3n) is 5.76. The molecule has 0 saturated carbocycles. The normalized spacial score (nSPS) is 18.7. The minimum atomic E-state index is -1.54. The maximum Gasteiger partial charge on any atom is 0.292 e. The molecule has 2 atom stereocenters. The third kappa shape index (κ3) is 4.09. The Morgan fingerprint density at radius 3 is 2.59 bits per heavy atom. The van der Waals surface area contributed by atoms with Crippen LogP contribution in [0.25, 0.3) is 0 Å². The van der Waals surface area contributed by atoms with Gasteiger partial charge in [-0.1, -0.05) is 0 Å². The Hall–Kier alpha value is -2.57. The van der Waals surface area contributed by atoms with Crippen LogP contribution in [-0.2, 0) is 6.42 Å². The minimum Gasteiger partial charge on any atom is -1.00 e. The second-order valence-corrected chi connectivity index (χ2v) is 8.10. The van der Waals surface area contributed by atoms with E-state index in [2.05, 4.69) is 16.0 Å². The van der Waals surface area contributed by atoms with Gasteiger partial charge in [-0.2, -0.15) is 0 Å². The maximum absolute atomic E-state index is 14.1. The summed E-state index contributed by atoms with van der Waals surface area (Å²) in [5, 5.41) is 20.3. The van der Waals surface area contributed by atoms with Gasteiger partial charge in [-0.15, -0.1) is 0 Å². The zero-order valence-corrected chi connectivity index (χ0v) is 19.4. The molecule has 4 rings (SSSR count). The molecule has 2 heterocycles. The summed E-state index contributed by atoms with van der Waals surface area (Å²) >= 11 is 0. The van der Waals surface area contributed by atoms with E-state index >= 15 is 0 Å². The lowest BCUT2D eigenvalue weighted by molar-refractivity contribution is -0.384. The van der Waals surface area contributed by atoms with Gasteiger partial charge in [0.1, 0.15) is 5.69 Å². The average molecular weight is 561 g/mol. The number of carbonyl (C=O) groups excluding carboxylic acids is 1. The molecule has 2 aliphatic heterocycles. The van der Waals surface area contributed by atoms with E-state index < -0.39 is 34.3 Å². The van der Waals surface area contributed by atoms with Gasteiger partial charge in [0.2, 0.25) is 0 Å². The molecule has 2 aliphatic rings. The SMILES string of the molecule is CC(C)NC(=O)c1ccc([N+](=O)[O-])c2c1CCC(C1CNc3c1cc(F)c(F)c3F)N2.[I-]. The first-order valence-corrected chi connectivity index (χ1v) is 9.98. The standard InChI is InChI=1S/C21H21F3N4O3.HI/c1-9(2)26-21(29)11-4-6-16(28(30)31)19-10(11)3-5-15(27-19)13-8-25-20-12(13)7-14(22)17(23)18(20)24;/h4,6-7,9,13,15,25,27H,3,5,8H2,1-2H3,(H,26,29);1H/p-1. The molecule has 1 amide bonds. The second-order valence-electron chi connectivity index (χ2n) is 8.10. The van der Waals surface area contributed by atoms with Crippen molar-refractivity contribution in [2.75, 3.05) is 17.2 Å². The number of hydrogen-bond acceptors (Lipinski definition) is 5. The summed E-state index contributed by atoms with van der Waals surface area (Å²) in [5.74, 6) is -4.84. The Morgan fingerprint density at radius 2 is 1.94 bits per heavy atom. The highest BCUT2D eigenvalue weighted by Crippen LogP contribution is 2.43. The van der Waals surface area contributed by atoms with Crippen molar-refractivity contribution in [3.63, 3.8) is 0 Å². The van der Waals surface area contributed by atoms with Gasteiger partial charge in [-0.3, -0.25) is 14.9 Å². The van der Waals surface area contributed by atoms with Crippen LogP contribution < -0.4 is 39.9 Å². The van der Waals surface area contributed by atoms with Crippen molar-refractivity contribution in [3.05, 3.63) is 62.5 Å².